The molecule has 1 aliphatic carbocycles. The van der Waals surface area contributed by atoms with E-state index in [9.17, 15) is 13.6 Å². The van der Waals surface area contributed by atoms with Crippen LogP contribution < -0.4 is 0 Å². The normalized spacial score (nSPS) is 14.4. The van der Waals surface area contributed by atoms with E-state index >= 15 is 0 Å². The van der Waals surface area contributed by atoms with E-state index in [0.29, 0.717) is 32.8 Å². The van der Waals surface area contributed by atoms with Crippen LogP contribution in [0.25, 0.3) is 22.0 Å². The van der Waals surface area contributed by atoms with Crippen molar-refractivity contribution in [2.24, 2.45) is 0 Å². The molecule has 2 aromatic heterocycles. The van der Waals surface area contributed by atoms with Crippen LogP contribution in [-0.4, -0.2) is 24.5 Å². The number of nitrogens with zero attached hydrogens (tertiary/aromatic N) is 2. The van der Waals surface area contributed by atoms with Crippen molar-refractivity contribution in [3.63, 3.8) is 0 Å². The van der Waals surface area contributed by atoms with Gasteiger partial charge in [0.1, 0.15) is 5.25 Å². The molecule has 2 heterocycles. The molecule has 5 rings (SSSR count). The Balaban J connectivity index is 1.89. The molecule has 0 aliphatic heterocycles. The van der Waals surface area contributed by atoms with E-state index in [1.165, 1.54) is 6.20 Å². The van der Waals surface area contributed by atoms with Gasteiger partial charge in [-0.3, -0.25) is 14.8 Å². The van der Waals surface area contributed by atoms with Crippen LogP contribution in [0.5, 0.6) is 0 Å². The number of halogens is 1. The summed E-state index contributed by atoms with van der Waals surface area (Å²) in [5.74, 6) is -0.241. The molecule has 1 aliphatic rings. The van der Waals surface area contributed by atoms with Gasteiger partial charge in [0.15, 0.2) is 16.9 Å². The third-order valence-corrected chi connectivity index (χ3v) is 6.50. The van der Waals surface area contributed by atoms with Gasteiger partial charge in [-0.25, -0.2) is 4.21 Å². The van der Waals surface area contributed by atoms with Crippen LogP contribution in [0.1, 0.15) is 38.0 Å². The molecule has 2 unspecified atom stereocenters. The lowest BCUT2D eigenvalue weighted by atomic mass is 9.96. The Morgan fingerprint density at radius 1 is 1.03 bits per heavy atom. The average Bonchev–Trinajstić information content (AvgIpc) is 3.03. The summed E-state index contributed by atoms with van der Waals surface area (Å²) in [6.45, 7) is 1.94. The molecule has 5 nitrogen and oxygen atoms in total. The molecule has 4 aromatic rings. The molecule has 148 valence electrons. The minimum Gasteiger partial charge on any atom is -0.305 e. The van der Waals surface area contributed by atoms with E-state index in [-0.39, 0.29) is 11.5 Å². The molecule has 0 saturated heterocycles. The zero-order chi connectivity index (χ0) is 21.0. The van der Waals surface area contributed by atoms with Crippen LogP contribution in [0.3, 0.4) is 0 Å². The van der Waals surface area contributed by atoms with Crippen molar-refractivity contribution >= 4 is 39.4 Å². The van der Waals surface area contributed by atoms with Gasteiger partial charge < -0.3 is 4.55 Å². The lowest BCUT2D eigenvalue weighted by Crippen LogP contribution is -2.15. The van der Waals surface area contributed by atoms with Gasteiger partial charge in [0.25, 0.3) is 0 Å². The van der Waals surface area contributed by atoms with E-state index in [2.05, 4.69) is 9.97 Å². The second-order valence-corrected chi connectivity index (χ2v) is 8.69. The second kappa shape index (κ2) is 7.09. The van der Waals surface area contributed by atoms with Crippen molar-refractivity contribution in [3.8, 4) is 11.1 Å². The number of fused-ring (bicyclic) bond motifs is 5. The van der Waals surface area contributed by atoms with E-state index in [0.717, 1.165) is 16.5 Å². The predicted molar refractivity (Wildman–Crippen MR) is 117 cm³/mol. The molecule has 0 spiro atoms. The summed E-state index contributed by atoms with van der Waals surface area (Å²) in [5, 5.41) is 0.286. The number of aryl methyl sites for hydroxylation is 1. The maximum Gasteiger partial charge on any atom is 0.197 e. The number of rotatable bonds is 3. The van der Waals surface area contributed by atoms with Crippen LogP contribution in [0.4, 0.5) is 0 Å². The number of pyridine rings is 2. The van der Waals surface area contributed by atoms with Crippen LogP contribution in [0.15, 0.2) is 60.9 Å². The first-order valence-corrected chi connectivity index (χ1v) is 10.8. The first kappa shape index (κ1) is 19.1. The summed E-state index contributed by atoms with van der Waals surface area (Å²) in [6.07, 6.45) is 3.16. The van der Waals surface area contributed by atoms with Crippen molar-refractivity contribution in [1.29, 1.82) is 0 Å². The lowest BCUT2D eigenvalue weighted by molar-refractivity contribution is 0.104. The third-order valence-electron chi connectivity index (χ3n) is 5.37. The highest BCUT2D eigenvalue weighted by Crippen LogP contribution is 2.45. The summed E-state index contributed by atoms with van der Waals surface area (Å²) in [5.41, 5.74) is 4.73. The van der Waals surface area contributed by atoms with E-state index in [1.54, 1.807) is 36.5 Å². The Kier molecular flexibility index (Phi) is 4.50. The van der Waals surface area contributed by atoms with Crippen molar-refractivity contribution in [3.05, 3.63) is 93.9 Å². The van der Waals surface area contributed by atoms with E-state index in [4.69, 9.17) is 11.6 Å². The number of ketones is 1. The summed E-state index contributed by atoms with van der Waals surface area (Å²) in [7, 11) is 0. The van der Waals surface area contributed by atoms with E-state index < -0.39 is 16.3 Å². The number of hydrogen-bond acceptors (Lipinski definition) is 4. The van der Waals surface area contributed by atoms with Crippen LogP contribution >= 0.6 is 11.6 Å². The number of aromatic nitrogens is 2. The third kappa shape index (κ3) is 2.88. The maximum atomic E-state index is 13.3. The molecular formula is C23H15ClN2O3S. The van der Waals surface area contributed by atoms with Gasteiger partial charge in [0, 0.05) is 33.9 Å². The molecule has 0 saturated carbocycles. The molecule has 0 amide bonds. The molecule has 0 fully saturated rings. The standard InChI is InChI=1S/C23H15ClN2O3S/c1-12-2-4-13(5-3-12)23(30(28)29)21-20-19(15-8-9-25-11-17(15)22(20)27)16-7-6-14(24)10-18(16)26-21/h2-11,23H,1H3,(H,28,29). The molecule has 0 bridgehead atoms. The first-order chi connectivity index (χ1) is 14.5. The van der Waals surface area contributed by atoms with Crippen molar-refractivity contribution in [1.82, 2.24) is 9.97 Å². The fourth-order valence-corrected chi connectivity index (χ4v) is 4.91. The van der Waals surface area contributed by atoms with Crippen molar-refractivity contribution < 1.29 is 13.6 Å². The van der Waals surface area contributed by atoms with E-state index in [1.807, 2.05) is 25.1 Å². The van der Waals surface area contributed by atoms with Gasteiger partial charge in [0.05, 0.1) is 16.8 Å². The van der Waals surface area contributed by atoms with Crippen LogP contribution in [0.2, 0.25) is 5.02 Å². The fourth-order valence-electron chi connectivity index (χ4n) is 4.00. The molecule has 1 N–H and O–H groups in total. The van der Waals surface area contributed by atoms with Gasteiger partial charge in [-0.15, -0.1) is 0 Å². The lowest BCUT2D eigenvalue weighted by Gasteiger charge is -2.18. The highest BCUT2D eigenvalue weighted by Gasteiger charge is 2.36. The van der Waals surface area contributed by atoms with Crippen LogP contribution in [0, 0.1) is 6.92 Å². The Labute approximate surface area is 180 Å². The molecular weight excluding hydrogens is 420 g/mol. The zero-order valence-corrected chi connectivity index (χ0v) is 17.4. The van der Waals surface area contributed by atoms with Crippen molar-refractivity contribution in [2.75, 3.05) is 0 Å². The summed E-state index contributed by atoms with van der Waals surface area (Å²) in [4.78, 5) is 22.1. The average molecular weight is 435 g/mol. The largest absolute Gasteiger partial charge is 0.305 e. The number of hydrogen-bond donors (Lipinski definition) is 1. The first-order valence-electron chi connectivity index (χ1n) is 9.24. The highest BCUT2D eigenvalue weighted by molar-refractivity contribution is 7.79. The number of benzene rings is 2. The van der Waals surface area contributed by atoms with Crippen LogP contribution in [-0.2, 0) is 11.1 Å². The van der Waals surface area contributed by atoms with Gasteiger partial charge in [0.2, 0.25) is 0 Å². The predicted octanol–water partition coefficient (Wildman–Crippen LogP) is 5.11. The zero-order valence-electron chi connectivity index (χ0n) is 15.8. The van der Waals surface area contributed by atoms with Gasteiger partial charge >= 0.3 is 0 Å². The smallest absolute Gasteiger partial charge is 0.197 e. The second-order valence-electron chi connectivity index (χ2n) is 7.23. The Bertz CT molecular complexity index is 1370. The Morgan fingerprint density at radius 2 is 1.80 bits per heavy atom. The molecule has 30 heavy (non-hydrogen) atoms. The summed E-state index contributed by atoms with van der Waals surface area (Å²) < 4.78 is 22.7. The highest BCUT2D eigenvalue weighted by atomic mass is 35.5. The minimum absolute atomic E-state index is 0.241. The quantitative estimate of drug-likeness (QED) is 0.399. The van der Waals surface area contributed by atoms with Gasteiger partial charge in [-0.05, 0) is 36.2 Å². The molecule has 2 aromatic carbocycles. The van der Waals surface area contributed by atoms with Crippen molar-refractivity contribution in [2.45, 2.75) is 12.2 Å². The Hall–Kier alpha value is -2.93. The molecule has 0 radical (unpaired) electrons. The Morgan fingerprint density at radius 3 is 2.53 bits per heavy atom. The molecule has 7 heteroatoms. The SMILES string of the molecule is Cc1ccc(C(c2nc3cc(Cl)ccc3c3c2C(=O)c2cnccc2-3)S(=O)O)cc1. The monoisotopic (exact) mass is 434 g/mol. The summed E-state index contributed by atoms with van der Waals surface area (Å²) in [6, 6.07) is 14.4. The number of carbonyl (C=O) groups is 1. The fraction of sp³-hybridized carbons (Fsp3) is 0.0870. The van der Waals surface area contributed by atoms with Gasteiger partial charge in [-0.1, -0.05) is 47.5 Å². The maximum absolute atomic E-state index is 13.3. The summed E-state index contributed by atoms with van der Waals surface area (Å²) >= 11 is 3.90. The number of carbonyl (C=O) groups excluding carboxylic acids is 1. The molecule has 2 atom stereocenters. The minimum atomic E-state index is -2.30. The topological polar surface area (TPSA) is 80.2 Å². The van der Waals surface area contributed by atoms with Gasteiger partial charge in [-0.2, -0.15) is 0 Å².